The van der Waals surface area contributed by atoms with Crippen molar-refractivity contribution in [3.8, 4) is 17.5 Å². The molecule has 4 aromatic heterocycles. The van der Waals surface area contributed by atoms with Gasteiger partial charge in [0.2, 0.25) is 16.7 Å². The van der Waals surface area contributed by atoms with E-state index < -0.39 is 0 Å². The maximum Gasteiger partial charge on any atom is 0.289 e. The second-order valence-electron chi connectivity index (χ2n) is 8.16. The van der Waals surface area contributed by atoms with Gasteiger partial charge in [-0.25, -0.2) is 0 Å². The van der Waals surface area contributed by atoms with Crippen LogP contribution in [0.2, 0.25) is 5.02 Å². The lowest BCUT2D eigenvalue weighted by Crippen LogP contribution is -2.49. The minimum absolute atomic E-state index is 0.0318. The van der Waals surface area contributed by atoms with Crippen molar-refractivity contribution in [1.82, 2.24) is 24.4 Å². The number of carbonyl (C=O) groups excluding carboxylic acids is 1. The van der Waals surface area contributed by atoms with Crippen LogP contribution in [0.1, 0.15) is 27.0 Å². The van der Waals surface area contributed by atoms with Crippen molar-refractivity contribution in [3.05, 3.63) is 82.3 Å². The number of carbonyl (C=O) groups is 1. The summed E-state index contributed by atoms with van der Waals surface area (Å²) >= 11 is 7.52. The lowest BCUT2D eigenvalue weighted by Gasteiger charge is -2.38. The first-order chi connectivity index (χ1) is 17.1. The Hall–Kier alpha value is -3.60. The summed E-state index contributed by atoms with van der Waals surface area (Å²) < 4.78 is 12.1. The van der Waals surface area contributed by atoms with Gasteiger partial charge in [0.1, 0.15) is 0 Å². The molecule has 11 heteroatoms. The molecule has 1 aromatic carbocycles. The van der Waals surface area contributed by atoms with E-state index >= 15 is 0 Å². The number of fused-ring (bicyclic) bond motifs is 1. The van der Waals surface area contributed by atoms with Gasteiger partial charge in [-0.15, -0.1) is 5.10 Å². The Bertz CT molecular complexity index is 1450. The van der Waals surface area contributed by atoms with Crippen LogP contribution in [0.15, 0.2) is 69.9 Å². The predicted octanol–water partition coefficient (Wildman–Crippen LogP) is 4.55. The lowest BCUT2D eigenvalue weighted by molar-refractivity contribution is 0.0568. The zero-order chi connectivity index (χ0) is 23.9. The Morgan fingerprint density at radius 1 is 1.03 bits per heavy atom. The highest BCUT2D eigenvalue weighted by atomic mass is 35.5. The van der Waals surface area contributed by atoms with E-state index in [0.717, 1.165) is 10.4 Å². The van der Waals surface area contributed by atoms with Crippen LogP contribution in [0.5, 0.6) is 5.88 Å². The Morgan fingerprint density at radius 2 is 1.77 bits per heavy atom. The first-order valence-electron chi connectivity index (χ1n) is 11.0. The highest BCUT2D eigenvalue weighted by Gasteiger charge is 2.33. The molecule has 0 radical (unpaired) electrons. The monoisotopic (exact) mass is 509 g/mol. The second-order valence-corrected chi connectivity index (χ2v) is 9.60. The quantitative estimate of drug-likeness (QED) is 0.371. The number of hydrogen-bond donors (Lipinski definition) is 1. The van der Waals surface area contributed by atoms with Gasteiger partial charge in [-0.1, -0.05) is 35.1 Å². The normalized spacial score (nSPS) is 15.6. The molecule has 6 rings (SSSR count). The van der Waals surface area contributed by atoms with Crippen molar-refractivity contribution in [1.29, 1.82) is 0 Å². The summed E-state index contributed by atoms with van der Waals surface area (Å²) in [5.74, 6) is 1.20. The van der Waals surface area contributed by atoms with Gasteiger partial charge in [-0.05, 0) is 42.0 Å². The fraction of sp³-hybridized carbons (Fsp3) is 0.208. The smallest absolute Gasteiger partial charge is 0.289 e. The van der Waals surface area contributed by atoms with Crippen molar-refractivity contribution in [2.75, 3.05) is 26.2 Å². The molecule has 1 amide bonds. The molecule has 0 saturated carbocycles. The van der Waals surface area contributed by atoms with E-state index in [1.54, 1.807) is 35.4 Å². The van der Waals surface area contributed by atoms with Crippen LogP contribution in [-0.2, 0) is 0 Å². The molecule has 1 atom stereocenters. The second kappa shape index (κ2) is 8.88. The number of furan rings is 2. The number of piperazine rings is 1. The molecule has 178 valence electrons. The first-order valence-corrected chi connectivity index (χ1v) is 12.2. The van der Waals surface area contributed by atoms with Crippen LogP contribution >= 0.6 is 22.9 Å². The number of rotatable bonds is 5. The van der Waals surface area contributed by atoms with Crippen LogP contribution in [0, 0.1) is 0 Å². The van der Waals surface area contributed by atoms with E-state index in [4.69, 9.17) is 20.4 Å². The average molecular weight is 510 g/mol. The molecule has 1 saturated heterocycles. The van der Waals surface area contributed by atoms with E-state index in [-0.39, 0.29) is 17.8 Å². The number of benzene rings is 1. The van der Waals surface area contributed by atoms with Crippen molar-refractivity contribution in [2.24, 2.45) is 0 Å². The maximum atomic E-state index is 12.7. The van der Waals surface area contributed by atoms with Crippen LogP contribution in [0.25, 0.3) is 16.5 Å². The Balaban J connectivity index is 1.32. The third-order valence-electron chi connectivity index (χ3n) is 6.07. The van der Waals surface area contributed by atoms with E-state index in [0.29, 0.717) is 53.5 Å². The van der Waals surface area contributed by atoms with Crippen LogP contribution in [0.4, 0.5) is 0 Å². The Kier molecular flexibility index (Phi) is 5.56. The third kappa shape index (κ3) is 3.99. The van der Waals surface area contributed by atoms with Crippen LogP contribution in [-0.4, -0.2) is 61.6 Å². The molecule has 0 spiro atoms. The summed E-state index contributed by atoms with van der Waals surface area (Å²) in [6.45, 7) is 2.30. The number of amides is 1. The predicted molar refractivity (Wildman–Crippen MR) is 130 cm³/mol. The fourth-order valence-corrected chi connectivity index (χ4v) is 5.59. The summed E-state index contributed by atoms with van der Waals surface area (Å²) in [5, 5.41) is 16.3. The van der Waals surface area contributed by atoms with Gasteiger partial charge in [0, 0.05) is 31.2 Å². The van der Waals surface area contributed by atoms with Crippen LogP contribution in [0.3, 0.4) is 0 Å². The maximum absolute atomic E-state index is 12.7. The standard InChI is InChI=1S/C24H20ClN5O4S/c25-16-7-5-15(6-8-16)19(28-9-11-29(12-10-28)22(31)18-4-2-14-34-18)20-23(32)30-24(35-20)26-21(27-30)17-3-1-13-33-17/h1-8,13-14,19,32H,9-12H2/t19-/m1/s1. The van der Waals surface area contributed by atoms with E-state index in [1.165, 1.54) is 22.1 Å². The third-order valence-corrected chi connectivity index (χ3v) is 7.40. The first kappa shape index (κ1) is 21.9. The molecule has 5 heterocycles. The number of thiazole rings is 1. The van der Waals surface area contributed by atoms with Crippen LogP contribution < -0.4 is 0 Å². The summed E-state index contributed by atoms with van der Waals surface area (Å²) in [5.41, 5.74) is 0.978. The van der Waals surface area contributed by atoms with Crippen molar-refractivity contribution < 1.29 is 18.7 Å². The van der Waals surface area contributed by atoms with Gasteiger partial charge in [-0.3, -0.25) is 9.69 Å². The zero-order valence-corrected chi connectivity index (χ0v) is 19.9. The highest BCUT2D eigenvalue weighted by molar-refractivity contribution is 7.17. The molecule has 0 aliphatic carbocycles. The Morgan fingerprint density at radius 3 is 2.43 bits per heavy atom. The molecule has 1 fully saturated rings. The summed E-state index contributed by atoms with van der Waals surface area (Å²) in [7, 11) is 0. The van der Waals surface area contributed by atoms with Crippen molar-refractivity contribution in [3.63, 3.8) is 0 Å². The minimum Gasteiger partial charge on any atom is -0.492 e. The molecule has 9 nitrogen and oxygen atoms in total. The number of halogens is 1. The summed E-state index contributed by atoms with van der Waals surface area (Å²) in [4.78, 5) is 22.6. The van der Waals surface area contributed by atoms with E-state index in [2.05, 4.69) is 15.0 Å². The van der Waals surface area contributed by atoms with E-state index in [9.17, 15) is 9.90 Å². The molecule has 5 aromatic rings. The largest absolute Gasteiger partial charge is 0.492 e. The van der Waals surface area contributed by atoms with Crippen molar-refractivity contribution in [2.45, 2.75) is 6.04 Å². The summed E-state index contributed by atoms with van der Waals surface area (Å²) in [6, 6.07) is 14.3. The molecule has 0 bridgehead atoms. The fourth-order valence-electron chi connectivity index (χ4n) is 4.35. The SMILES string of the molecule is O=C(c1ccco1)N1CCN([C@H](c2ccc(Cl)cc2)c2sc3nc(-c4ccco4)nn3c2O)CC1. The highest BCUT2D eigenvalue weighted by Crippen LogP contribution is 2.41. The summed E-state index contributed by atoms with van der Waals surface area (Å²) in [6.07, 6.45) is 3.06. The molecular formula is C24H20ClN5O4S. The molecular weight excluding hydrogens is 490 g/mol. The minimum atomic E-state index is -0.256. The zero-order valence-electron chi connectivity index (χ0n) is 18.4. The molecule has 1 N–H and O–H groups in total. The van der Waals surface area contributed by atoms with Crippen molar-refractivity contribution >= 4 is 33.8 Å². The van der Waals surface area contributed by atoms with Gasteiger partial charge in [0.25, 0.3) is 5.91 Å². The molecule has 0 unspecified atom stereocenters. The van der Waals surface area contributed by atoms with Gasteiger partial charge >= 0.3 is 0 Å². The van der Waals surface area contributed by atoms with Gasteiger partial charge in [-0.2, -0.15) is 9.50 Å². The van der Waals surface area contributed by atoms with E-state index in [1.807, 2.05) is 24.3 Å². The van der Waals surface area contributed by atoms with Gasteiger partial charge < -0.3 is 18.8 Å². The molecule has 35 heavy (non-hydrogen) atoms. The molecule has 1 aliphatic heterocycles. The number of hydrogen-bond acceptors (Lipinski definition) is 8. The lowest BCUT2D eigenvalue weighted by atomic mass is 10.0. The topological polar surface area (TPSA) is 100 Å². The number of aromatic nitrogens is 3. The number of nitrogens with zero attached hydrogens (tertiary/aromatic N) is 5. The van der Waals surface area contributed by atoms with Gasteiger partial charge in [0.05, 0.1) is 23.4 Å². The Labute approximate surface area is 208 Å². The average Bonchev–Trinajstić information content (AvgIpc) is 3.68. The molecule has 1 aliphatic rings. The van der Waals surface area contributed by atoms with Gasteiger partial charge in [0.15, 0.2) is 11.5 Å². The number of aromatic hydroxyl groups is 1.